The molecule has 27 heavy (non-hydrogen) atoms. The maximum atomic E-state index is 5.89. The number of hydrogen-bond donors (Lipinski definition) is 1. The fraction of sp³-hybridized carbons (Fsp3) is 0.350. The Morgan fingerprint density at radius 3 is 2.93 bits per heavy atom. The Bertz CT molecular complexity index is 1050. The van der Waals surface area contributed by atoms with Crippen LogP contribution in [0.25, 0.3) is 0 Å². The first kappa shape index (κ1) is 17.7. The minimum absolute atomic E-state index is 0.261. The van der Waals surface area contributed by atoms with Crippen molar-refractivity contribution in [3.8, 4) is 5.75 Å². The maximum Gasteiger partial charge on any atom is 0.216 e. The minimum atomic E-state index is 0.261. The largest absolute Gasteiger partial charge is 0.485 e. The van der Waals surface area contributed by atoms with Crippen LogP contribution in [0.1, 0.15) is 47.7 Å². The fourth-order valence-corrected chi connectivity index (χ4v) is 3.31. The Labute approximate surface area is 162 Å². The summed E-state index contributed by atoms with van der Waals surface area (Å²) in [6.45, 7) is 6.57. The number of furan rings is 1. The maximum absolute atomic E-state index is 5.89. The lowest BCUT2D eigenvalue weighted by Crippen LogP contribution is -2.05. The van der Waals surface area contributed by atoms with Crippen LogP contribution in [0.15, 0.2) is 39.9 Å². The van der Waals surface area contributed by atoms with E-state index < -0.39 is 0 Å². The number of hydrogen-bond acceptors (Lipinski definition) is 5. The molecule has 3 aromatic rings. The van der Waals surface area contributed by atoms with E-state index in [0.29, 0.717) is 28.2 Å². The molecule has 0 amide bonds. The number of aryl methyl sites for hydroxylation is 2. The van der Waals surface area contributed by atoms with E-state index >= 15 is 0 Å². The molecule has 0 spiro atoms. The topological polar surface area (TPSA) is 68.3 Å². The molecular weight excluding hydrogens is 360 g/mol. The monoisotopic (exact) mass is 382 g/mol. The second-order valence-corrected chi connectivity index (χ2v) is 7.51. The summed E-state index contributed by atoms with van der Waals surface area (Å²) in [5, 5.41) is 11.4. The summed E-state index contributed by atoms with van der Waals surface area (Å²) >= 11 is 5.28. The third-order valence-electron chi connectivity index (χ3n) is 4.83. The van der Waals surface area contributed by atoms with Crippen molar-refractivity contribution in [3.05, 3.63) is 63.6 Å². The van der Waals surface area contributed by atoms with E-state index in [9.17, 15) is 0 Å². The number of nitrogens with zero attached hydrogens (tertiary/aromatic N) is 3. The number of rotatable bonds is 6. The number of H-pyrrole nitrogens is 1. The quantitative estimate of drug-likeness (QED) is 0.494. The van der Waals surface area contributed by atoms with Gasteiger partial charge in [-0.25, -0.2) is 5.10 Å². The Balaban J connectivity index is 1.48. The third-order valence-corrected chi connectivity index (χ3v) is 5.09. The first-order chi connectivity index (χ1) is 13.0. The van der Waals surface area contributed by atoms with Gasteiger partial charge in [-0.05, 0) is 62.2 Å². The summed E-state index contributed by atoms with van der Waals surface area (Å²) in [7, 11) is 0. The fourth-order valence-electron chi connectivity index (χ4n) is 3.11. The second-order valence-electron chi connectivity index (χ2n) is 7.12. The lowest BCUT2D eigenvalue weighted by atomic mass is 10.1. The molecule has 4 rings (SSSR count). The van der Waals surface area contributed by atoms with Crippen LogP contribution in [-0.2, 0) is 6.61 Å². The molecule has 1 N–H and O–H groups in total. The smallest absolute Gasteiger partial charge is 0.216 e. The van der Waals surface area contributed by atoms with Crippen LogP contribution in [0.2, 0.25) is 0 Å². The molecule has 2 aromatic heterocycles. The van der Waals surface area contributed by atoms with Gasteiger partial charge in [-0.3, -0.25) is 0 Å². The van der Waals surface area contributed by atoms with Crippen molar-refractivity contribution in [1.29, 1.82) is 0 Å². The van der Waals surface area contributed by atoms with Gasteiger partial charge in [0.2, 0.25) is 4.77 Å². The predicted octanol–water partition coefficient (Wildman–Crippen LogP) is 4.74. The van der Waals surface area contributed by atoms with Gasteiger partial charge in [0.25, 0.3) is 0 Å². The average molecular weight is 382 g/mol. The molecule has 0 unspecified atom stereocenters. The molecule has 1 aliphatic carbocycles. The van der Waals surface area contributed by atoms with Gasteiger partial charge in [0.05, 0.1) is 6.21 Å². The van der Waals surface area contributed by atoms with Gasteiger partial charge < -0.3 is 9.15 Å². The van der Waals surface area contributed by atoms with Gasteiger partial charge in [0.15, 0.2) is 5.82 Å². The molecule has 0 saturated heterocycles. The molecule has 1 fully saturated rings. The molecule has 1 aromatic carbocycles. The van der Waals surface area contributed by atoms with Gasteiger partial charge in [0.1, 0.15) is 23.9 Å². The molecule has 0 aliphatic heterocycles. The molecule has 1 aliphatic rings. The molecular formula is C20H22N4O2S. The molecule has 2 heterocycles. The molecule has 1 saturated carbocycles. The van der Waals surface area contributed by atoms with Crippen molar-refractivity contribution < 1.29 is 9.15 Å². The standard InChI is InChI=1S/C20H22N4O2S/c1-12-4-6-17(14(3)8-12)25-11-19-22-23-20(27)24(19)21-10-15-5-7-18(26-15)16-9-13(16)2/h4-8,10,13,16H,9,11H2,1-3H3,(H,23,27)/b21-10-/t13-,16+/m0/s1. The van der Waals surface area contributed by atoms with E-state index in [1.54, 1.807) is 10.9 Å². The van der Waals surface area contributed by atoms with Crippen LogP contribution in [0.4, 0.5) is 0 Å². The van der Waals surface area contributed by atoms with Crippen molar-refractivity contribution in [3.63, 3.8) is 0 Å². The SMILES string of the molecule is Cc1ccc(OCc2n[nH]c(=S)n2/N=C\c2ccc([C@@H]3C[C@@H]3C)o2)c(C)c1. The first-order valence-electron chi connectivity index (χ1n) is 9.01. The van der Waals surface area contributed by atoms with Gasteiger partial charge in [-0.2, -0.15) is 14.9 Å². The lowest BCUT2D eigenvalue weighted by molar-refractivity contribution is 0.288. The highest BCUT2D eigenvalue weighted by atomic mass is 32.1. The Morgan fingerprint density at radius 1 is 1.37 bits per heavy atom. The number of nitrogens with one attached hydrogen (secondary N) is 1. The van der Waals surface area contributed by atoms with E-state index in [-0.39, 0.29) is 6.61 Å². The minimum Gasteiger partial charge on any atom is -0.485 e. The number of aromatic nitrogens is 3. The van der Waals surface area contributed by atoms with Crippen molar-refractivity contribution in [2.24, 2.45) is 11.0 Å². The number of ether oxygens (including phenoxy) is 1. The zero-order chi connectivity index (χ0) is 19.0. The Kier molecular flexibility index (Phi) is 4.70. The first-order valence-corrected chi connectivity index (χ1v) is 9.42. The normalized spacial score (nSPS) is 18.9. The van der Waals surface area contributed by atoms with Crippen molar-refractivity contribution in [2.75, 3.05) is 0 Å². The Hall–Kier alpha value is -2.67. The molecule has 0 bridgehead atoms. The highest BCUT2D eigenvalue weighted by Crippen LogP contribution is 2.47. The molecule has 7 heteroatoms. The average Bonchev–Trinajstić information content (AvgIpc) is 3.03. The Morgan fingerprint density at radius 2 is 2.19 bits per heavy atom. The van der Waals surface area contributed by atoms with E-state index in [0.717, 1.165) is 17.1 Å². The van der Waals surface area contributed by atoms with E-state index in [1.807, 2.05) is 31.2 Å². The van der Waals surface area contributed by atoms with Crippen LogP contribution in [0.3, 0.4) is 0 Å². The predicted molar refractivity (Wildman–Crippen MR) is 106 cm³/mol. The summed E-state index contributed by atoms with van der Waals surface area (Å²) in [5.74, 6) is 4.40. The van der Waals surface area contributed by atoms with Crippen molar-refractivity contribution in [1.82, 2.24) is 14.9 Å². The van der Waals surface area contributed by atoms with Crippen molar-refractivity contribution in [2.45, 2.75) is 39.7 Å². The molecule has 2 atom stereocenters. The summed E-state index contributed by atoms with van der Waals surface area (Å²) in [6, 6.07) is 10.0. The number of benzene rings is 1. The third kappa shape index (κ3) is 3.88. The zero-order valence-corrected chi connectivity index (χ0v) is 16.4. The molecule has 6 nitrogen and oxygen atoms in total. The lowest BCUT2D eigenvalue weighted by Gasteiger charge is -2.09. The van der Waals surface area contributed by atoms with Gasteiger partial charge in [-0.15, -0.1) is 0 Å². The van der Waals surface area contributed by atoms with Crippen LogP contribution in [0.5, 0.6) is 5.75 Å². The van der Waals surface area contributed by atoms with Gasteiger partial charge in [-0.1, -0.05) is 24.6 Å². The molecule has 140 valence electrons. The van der Waals surface area contributed by atoms with Crippen molar-refractivity contribution >= 4 is 18.4 Å². The molecule has 0 radical (unpaired) electrons. The van der Waals surface area contributed by atoms with Crippen LogP contribution >= 0.6 is 12.2 Å². The number of aromatic amines is 1. The van der Waals surface area contributed by atoms with Gasteiger partial charge in [0, 0.05) is 5.92 Å². The van der Waals surface area contributed by atoms with E-state index in [2.05, 4.69) is 35.2 Å². The summed E-state index contributed by atoms with van der Waals surface area (Å²) in [5.41, 5.74) is 2.28. The summed E-state index contributed by atoms with van der Waals surface area (Å²) in [6.07, 6.45) is 2.85. The summed E-state index contributed by atoms with van der Waals surface area (Å²) < 4.78 is 13.7. The highest BCUT2D eigenvalue weighted by Gasteiger charge is 2.36. The highest BCUT2D eigenvalue weighted by molar-refractivity contribution is 7.71. The van der Waals surface area contributed by atoms with Crippen LogP contribution < -0.4 is 4.74 Å². The van der Waals surface area contributed by atoms with Crippen LogP contribution in [0, 0.1) is 24.5 Å². The van der Waals surface area contributed by atoms with Gasteiger partial charge >= 0.3 is 0 Å². The second kappa shape index (κ2) is 7.15. The van der Waals surface area contributed by atoms with E-state index in [4.69, 9.17) is 21.4 Å². The van der Waals surface area contributed by atoms with E-state index in [1.165, 1.54) is 12.0 Å². The summed E-state index contributed by atoms with van der Waals surface area (Å²) in [4.78, 5) is 0. The van der Waals surface area contributed by atoms with Crippen LogP contribution in [-0.4, -0.2) is 21.1 Å². The zero-order valence-electron chi connectivity index (χ0n) is 15.6.